The molecule has 0 aromatic heterocycles. The van der Waals surface area contributed by atoms with Crippen molar-refractivity contribution in [3.05, 3.63) is 6.92 Å². The summed E-state index contributed by atoms with van der Waals surface area (Å²) in [5.41, 5.74) is 0. The van der Waals surface area contributed by atoms with Gasteiger partial charge in [-0.3, -0.25) is 0 Å². The van der Waals surface area contributed by atoms with Gasteiger partial charge in [0.2, 0.25) is 0 Å². The van der Waals surface area contributed by atoms with Gasteiger partial charge in [-0.2, -0.15) is 6.42 Å². The molecule has 0 saturated heterocycles. The van der Waals surface area contributed by atoms with Crippen LogP contribution in [0.2, 0.25) is 0 Å². The molecule has 0 amide bonds. The minimum absolute atomic E-state index is 1.00. The van der Waals surface area contributed by atoms with Crippen LogP contribution >= 0.6 is 9.30 Å². The van der Waals surface area contributed by atoms with Gasteiger partial charge in [-0.1, -0.05) is 103 Å². The van der Waals surface area contributed by atoms with Crippen molar-refractivity contribution in [2.75, 3.05) is 14.2 Å². The molecule has 0 saturated carbocycles. The van der Waals surface area contributed by atoms with Gasteiger partial charge in [0.25, 0.3) is 0 Å². The molecule has 2 N–H and O–H groups in total. The summed E-state index contributed by atoms with van der Waals surface area (Å²) in [5.74, 6) is 0. The van der Waals surface area contributed by atoms with Crippen LogP contribution in [0.3, 0.4) is 0 Å². The fourth-order valence-electron chi connectivity index (χ4n) is 2.55. The summed E-state index contributed by atoms with van der Waals surface area (Å²) in [5, 5.41) is 14.0. The van der Waals surface area contributed by atoms with Crippen molar-refractivity contribution < 1.29 is 29.6 Å². The number of aliphatic hydroxyl groups excluding tert-OH is 2. The van der Waals surface area contributed by atoms with E-state index in [4.69, 9.17) is 10.2 Å². The molecule has 0 radical (unpaired) electrons. The van der Waals surface area contributed by atoms with Crippen LogP contribution in [0.4, 0.5) is 0 Å². The standard InChI is InChI=1S/C18H37.2CH4O.ClH.Ti/c1-3-5-7-9-11-13-15-17-18-16-14-12-10-8-6-4-2;2*1-2;;/h1,3-18H2,2H3;2*2H,1H3;1H;/q-1;;;;+2/p-1. The zero-order valence-electron chi connectivity index (χ0n) is 16.8. The number of hydrogen-bond acceptors (Lipinski definition) is 2. The van der Waals surface area contributed by atoms with E-state index in [0.29, 0.717) is 0 Å². The van der Waals surface area contributed by atoms with E-state index in [9.17, 15) is 0 Å². The van der Waals surface area contributed by atoms with Crippen molar-refractivity contribution in [1.82, 2.24) is 0 Å². The van der Waals surface area contributed by atoms with Crippen LogP contribution in [0.5, 0.6) is 0 Å². The van der Waals surface area contributed by atoms with Gasteiger partial charge in [0.05, 0.1) is 0 Å². The molecule has 148 valence electrons. The number of aliphatic hydroxyl groups is 2. The second-order valence-electron chi connectivity index (χ2n) is 5.80. The van der Waals surface area contributed by atoms with Crippen molar-refractivity contribution in [3.8, 4) is 0 Å². The second-order valence-corrected chi connectivity index (χ2v) is 5.80. The molecule has 0 unspecified atom stereocenters. The Morgan fingerprint density at radius 2 is 0.750 bits per heavy atom. The molecular weight excluding hydrogens is 356 g/mol. The van der Waals surface area contributed by atoms with Crippen molar-refractivity contribution in [2.24, 2.45) is 0 Å². The van der Waals surface area contributed by atoms with Crippen molar-refractivity contribution in [3.63, 3.8) is 0 Å². The molecule has 0 aliphatic carbocycles. The summed E-state index contributed by atoms with van der Waals surface area (Å²) in [7, 11) is 6.64. The molecule has 0 fully saturated rings. The van der Waals surface area contributed by atoms with E-state index < -0.39 is 0 Å². The first-order valence-electron chi connectivity index (χ1n) is 9.79. The Balaban J connectivity index is -0.000000297. The van der Waals surface area contributed by atoms with Crippen LogP contribution in [0, 0.1) is 6.92 Å². The molecular formula is C20H45ClO2Ti. The van der Waals surface area contributed by atoms with Gasteiger partial charge in [-0.15, -0.1) is 0 Å². The summed E-state index contributed by atoms with van der Waals surface area (Å²) in [6.45, 7) is 6.18. The monoisotopic (exact) mass is 400 g/mol. The molecule has 0 aromatic rings. The topological polar surface area (TPSA) is 40.5 Å². The third-order valence-corrected chi connectivity index (χ3v) is 3.85. The Morgan fingerprint density at radius 3 is 0.958 bits per heavy atom. The summed E-state index contributed by atoms with van der Waals surface area (Å²) in [6.07, 6.45) is 22.8. The van der Waals surface area contributed by atoms with Crippen molar-refractivity contribution in [2.45, 2.75) is 110 Å². The first-order chi connectivity index (χ1) is 11.9. The van der Waals surface area contributed by atoms with E-state index in [1.54, 1.807) is 0 Å². The van der Waals surface area contributed by atoms with Crippen LogP contribution in [-0.2, 0) is 19.4 Å². The Kier molecular flexibility index (Phi) is 59.6. The third kappa shape index (κ3) is 43.5. The molecule has 2 nitrogen and oxygen atoms in total. The molecule has 4 heteroatoms. The fourth-order valence-corrected chi connectivity index (χ4v) is 2.55. The SMILES string of the molecule is CO.CO.[CH2-]CCCCCCCCCCCCCCCCC.[Cl][Ti+]. The average molecular weight is 401 g/mol. The summed E-state index contributed by atoms with van der Waals surface area (Å²) < 4.78 is 0. The van der Waals surface area contributed by atoms with E-state index in [1.165, 1.54) is 116 Å². The molecule has 0 atom stereocenters. The molecule has 0 rings (SSSR count). The third-order valence-electron chi connectivity index (χ3n) is 3.85. The van der Waals surface area contributed by atoms with Crippen LogP contribution in [-0.4, -0.2) is 24.4 Å². The first-order valence-corrected chi connectivity index (χ1v) is 11.9. The van der Waals surface area contributed by atoms with E-state index in [-0.39, 0.29) is 0 Å². The van der Waals surface area contributed by atoms with Crippen molar-refractivity contribution >= 4 is 9.30 Å². The second kappa shape index (κ2) is 43.9. The van der Waals surface area contributed by atoms with Crippen LogP contribution in [0.15, 0.2) is 0 Å². The van der Waals surface area contributed by atoms with Gasteiger partial charge < -0.3 is 17.1 Å². The maximum atomic E-state index is 7.00. The number of halogens is 1. The van der Waals surface area contributed by atoms with E-state index >= 15 is 0 Å². The van der Waals surface area contributed by atoms with Crippen molar-refractivity contribution in [1.29, 1.82) is 0 Å². The molecule has 0 heterocycles. The summed E-state index contributed by atoms with van der Waals surface area (Å²) in [6, 6.07) is 0. The molecule has 0 spiro atoms. The number of hydrogen-bond donors (Lipinski definition) is 2. The Morgan fingerprint density at radius 1 is 0.542 bits per heavy atom. The van der Waals surface area contributed by atoms with E-state index in [2.05, 4.69) is 23.2 Å². The van der Waals surface area contributed by atoms with E-state index in [1.807, 2.05) is 0 Å². The summed E-state index contributed by atoms with van der Waals surface area (Å²) in [4.78, 5) is 0. The van der Waals surface area contributed by atoms with Gasteiger partial charge in [0.15, 0.2) is 0 Å². The fraction of sp³-hybridized carbons (Fsp3) is 0.950. The van der Waals surface area contributed by atoms with Gasteiger partial charge in [0, 0.05) is 14.2 Å². The first kappa shape index (κ1) is 32.6. The van der Waals surface area contributed by atoms with Gasteiger partial charge in [-0.25, -0.2) is 0 Å². The van der Waals surface area contributed by atoms with Gasteiger partial charge >= 0.3 is 28.7 Å². The Hall–Kier alpha value is 0.924. The molecule has 0 aliphatic rings. The quantitative estimate of drug-likeness (QED) is 0.177. The summed E-state index contributed by atoms with van der Waals surface area (Å²) >= 11 is 1.47. The zero-order valence-corrected chi connectivity index (χ0v) is 19.1. The van der Waals surface area contributed by atoms with Crippen LogP contribution in [0.1, 0.15) is 110 Å². The number of rotatable bonds is 15. The van der Waals surface area contributed by atoms with Crippen LogP contribution in [0.25, 0.3) is 0 Å². The normalized spacial score (nSPS) is 8.92. The van der Waals surface area contributed by atoms with Gasteiger partial charge in [-0.05, 0) is 0 Å². The van der Waals surface area contributed by atoms with E-state index in [0.717, 1.165) is 20.6 Å². The number of unbranched alkanes of at least 4 members (excludes halogenated alkanes) is 15. The molecule has 0 aliphatic heterocycles. The maximum absolute atomic E-state index is 7.00. The zero-order chi connectivity index (χ0) is 19.3. The molecule has 0 bridgehead atoms. The predicted molar refractivity (Wildman–Crippen MR) is 107 cm³/mol. The predicted octanol–water partition coefficient (Wildman–Crippen LogP) is 6.99. The Bertz CT molecular complexity index is 134. The van der Waals surface area contributed by atoms with Gasteiger partial charge in [0.1, 0.15) is 0 Å². The Labute approximate surface area is 169 Å². The molecule has 24 heavy (non-hydrogen) atoms. The average Bonchev–Trinajstić information content (AvgIpc) is 2.67. The molecule has 0 aromatic carbocycles. The minimum atomic E-state index is 1.00. The van der Waals surface area contributed by atoms with Crippen LogP contribution < -0.4 is 0 Å².